The number of carboxylic acids is 1. The molecule has 0 saturated heterocycles. The zero-order valence-corrected chi connectivity index (χ0v) is 13.1. The number of nitrogens with zero attached hydrogens (tertiary/aromatic N) is 1. The summed E-state index contributed by atoms with van der Waals surface area (Å²) in [4.78, 5) is 34.7. The van der Waals surface area contributed by atoms with Crippen molar-refractivity contribution < 1.29 is 23.9 Å². The molecule has 128 valence electrons. The zero-order valence-electron chi connectivity index (χ0n) is 13.1. The Bertz CT molecular complexity index is 640. The first kappa shape index (κ1) is 19.1. The molecular weight excluding hydrogens is 317 g/mol. The van der Waals surface area contributed by atoms with Crippen molar-refractivity contribution in [1.82, 2.24) is 10.6 Å². The van der Waals surface area contributed by atoms with Crippen molar-refractivity contribution in [2.75, 3.05) is 0 Å². The molecule has 2 amide bonds. The van der Waals surface area contributed by atoms with Crippen molar-refractivity contribution in [2.24, 2.45) is 0 Å². The average molecular weight is 335 g/mol. The van der Waals surface area contributed by atoms with Crippen LogP contribution in [0.4, 0.5) is 4.39 Å². The minimum absolute atomic E-state index is 0.0278. The maximum absolute atomic E-state index is 12.9. The van der Waals surface area contributed by atoms with E-state index in [1.165, 1.54) is 31.2 Å². The first-order valence-electron chi connectivity index (χ1n) is 7.25. The molecule has 0 heterocycles. The molecule has 1 aromatic rings. The molecule has 0 bridgehead atoms. The number of halogens is 1. The summed E-state index contributed by atoms with van der Waals surface area (Å²) in [6, 6.07) is 4.99. The van der Waals surface area contributed by atoms with Crippen molar-refractivity contribution >= 4 is 17.8 Å². The third-order valence-corrected chi connectivity index (χ3v) is 3.21. The van der Waals surface area contributed by atoms with Crippen LogP contribution in [0.3, 0.4) is 0 Å². The highest BCUT2D eigenvalue weighted by Crippen LogP contribution is 2.07. The van der Waals surface area contributed by atoms with Gasteiger partial charge in [0.2, 0.25) is 11.8 Å². The topological polar surface area (TPSA) is 119 Å². The molecule has 8 heteroatoms. The molecule has 0 unspecified atom stereocenters. The first-order chi connectivity index (χ1) is 11.3. The van der Waals surface area contributed by atoms with E-state index in [0.717, 1.165) is 0 Å². The number of carboxylic acid groups (broad SMARTS) is 1. The fourth-order valence-electron chi connectivity index (χ4n) is 2.05. The summed E-state index contributed by atoms with van der Waals surface area (Å²) in [7, 11) is 0. The standard InChI is InChI=1S/C16H18FN3O4/c1-10(21)19-14(9-11-4-6-12(17)7-5-11)15(22)20-13(16(23)24)3-2-8-18/h4-7,13-14H,2-3,9H2,1H3,(H,19,21)(H,20,22)(H,23,24)/t13-,14+/m1/s1. The van der Waals surface area contributed by atoms with Crippen LogP contribution >= 0.6 is 0 Å². The molecule has 7 nitrogen and oxygen atoms in total. The van der Waals surface area contributed by atoms with Crippen LogP contribution < -0.4 is 10.6 Å². The van der Waals surface area contributed by atoms with Crippen LogP contribution in [0, 0.1) is 17.1 Å². The molecule has 0 aliphatic carbocycles. The number of carbonyl (C=O) groups is 3. The van der Waals surface area contributed by atoms with Crippen LogP contribution in [0.2, 0.25) is 0 Å². The van der Waals surface area contributed by atoms with E-state index >= 15 is 0 Å². The number of nitrogens with one attached hydrogen (secondary N) is 2. The number of hydrogen-bond donors (Lipinski definition) is 3. The minimum atomic E-state index is -1.26. The highest BCUT2D eigenvalue weighted by Gasteiger charge is 2.25. The molecule has 0 aliphatic heterocycles. The lowest BCUT2D eigenvalue weighted by Gasteiger charge is -2.20. The van der Waals surface area contributed by atoms with Crippen molar-refractivity contribution in [3.8, 4) is 6.07 Å². The monoisotopic (exact) mass is 335 g/mol. The largest absolute Gasteiger partial charge is 0.480 e. The second-order valence-electron chi connectivity index (χ2n) is 5.18. The lowest BCUT2D eigenvalue weighted by molar-refractivity contribution is -0.142. The van der Waals surface area contributed by atoms with E-state index in [2.05, 4.69) is 10.6 Å². The van der Waals surface area contributed by atoms with Gasteiger partial charge in [-0.3, -0.25) is 9.59 Å². The van der Waals surface area contributed by atoms with E-state index in [4.69, 9.17) is 10.4 Å². The van der Waals surface area contributed by atoms with E-state index in [1.54, 1.807) is 0 Å². The normalized spacial score (nSPS) is 12.5. The van der Waals surface area contributed by atoms with Crippen molar-refractivity contribution in [3.05, 3.63) is 35.6 Å². The lowest BCUT2D eigenvalue weighted by Crippen LogP contribution is -2.52. The maximum atomic E-state index is 12.9. The van der Waals surface area contributed by atoms with Gasteiger partial charge in [0.05, 0.1) is 6.07 Å². The molecule has 1 aromatic carbocycles. The maximum Gasteiger partial charge on any atom is 0.326 e. The van der Waals surface area contributed by atoms with Gasteiger partial charge in [0.15, 0.2) is 0 Å². The molecule has 2 atom stereocenters. The van der Waals surface area contributed by atoms with E-state index in [0.29, 0.717) is 5.56 Å². The van der Waals surface area contributed by atoms with E-state index in [-0.39, 0.29) is 19.3 Å². The second-order valence-corrected chi connectivity index (χ2v) is 5.18. The number of aliphatic carboxylic acids is 1. The van der Waals surface area contributed by atoms with Gasteiger partial charge in [-0.25, -0.2) is 9.18 Å². The molecule has 1 rings (SSSR count). The van der Waals surface area contributed by atoms with Crippen LogP contribution in [0.25, 0.3) is 0 Å². The number of nitriles is 1. The molecule has 0 aromatic heterocycles. The van der Waals surface area contributed by atoms with Gasteiger partial charge in [-0.2, -0.15) is 5.26 Å². The van der Waals surface area contributed by atoms with E-state index in [1.807, 2.05) is 6.07 Å². The van der Waals surface area contributed by atoms with E-state index in [9.17, 15) is 18.8 Å². The summed E-state index contributed by atoms with van der Waals surface area (Å²) in [6.07, 6.45) is 0.0111. The fraction of sp³-hybridized carbons (Fsp3) is 0.375. The van der Waals surface area contributed by atoms with Crippen LogP contribution in [-0.4, -0.2) is 35.0 Å². The summed E-state index contributed by atoms with van der Waals surface area (Å²) in [5.74, 6) is -2.83. The summed E-state index contributed by atoms with van der Waals surface area (Å²) >= 11 is 0. The number of amides is 2. The lowest BCUT2D eigenvalue weighted by atomic mass is 10.0. The molecule has 24 heavy (non-hydrogen) atoms. The Balaban J connectivity index is 2.83. The van der Waals surface area contributed by atoms with Gasteiger partial charge in [-0.15, -0.1) is 0 Å². The number of carbonyl (C=O) groups excluding carboxylic acids is 2. The van der Waals surface area contributed by atoms with Gasteiger partial charge in [0.25, 0.3) is 0 Å². The molecular formula is C16H18FN3O4. The van der Waals surface area contributed by atoms with Gasteiger partial charge in [0, 0.05) is 19.8 Å². The third-order valence-electron chi connectivity index (χ3n) is 3.21. The Kier molecular flexibility index (Phi) is 7.36. The summed E-state index contributed by atoms with van der Waals surface area (Å²) in [5.41, 5.74) is 0.606. The highest BCUT2D eigenvalue weighted by atomic mass is 19.1. The molecule has 0 spiro atoms. The second kappa shape index (κ2) is 9.25. The Morgan fingerprint density at radius 3 is 2.33 bits per heavy atom. The minimum Gasteiger partial charge on any atom is -0.480 e. The first-order valence-corrected chi connectivity index (χ1v) is 7.25. The molecule has 3 N–H and O–H groups in total. The SMILES string of the molecule is CC(=O)N[C@@H](Cc1ccc(F)cc1)C(=O)N[C@H](CCC#N)C(=O)O. The van der Waals surface area contributed by atoms with Crippen LogP contribution in [0.15, 0.2) is 24.3 Å². The average Bonchev–Trinajstić information content (AvgIpc) is 2.52. The predicted octanol–water partition coefficient (Wildman–Crippen LogP) is 0.746. The number of rotatable bonds is 8. The zero-order chi connectivity index (χ0) is 18.1. The van der Waals surface area contributed by atoms with Gasteiger partial charge >= 0.3 is 5.97 Å². The molecule has 0 aliphatic rings. The van der Waals surface area contributed by atoms with Crippen molar-refractivity contribution in [1.29, 1.82) is 5.26 Å². The molecule has 0 fully saturated rings. The van der Waals surface area contributed by atoms with Gasteiger partial charge in [-0.05, 0) is 24.1 Å². The number of hydrogen-bond acceptors (Lipinski definition) is 4. The van der Waals surface area contributed by atoms with Crippen molar-refractivity contribution in [2.45, 2.75) is 38.3 Å². The van der Waals surface area contributed by atoms with Crippen LogP contribution in [0.5, 0.6) is 0 Å². The number of benzene rings is 1. The van der Waals surface area contributed by atoms with Crippen LogP contribution in [-0.2, 0) is 20.8 Å². The summed E-state index contributed by atoms with van der Waals surface area (Å²) < 4.78 is 12.9. The Morgan fingerprint density at radius 1 is 1.21 bits per heavy atom. The molecule has 0 saturated carbocycles. The summed E-state index contributed by atoms with van der Waals surface area (Å²) in [6.45, 7) is 1.23. The van der Waals surface area contributed by atoms with Gasteiger partial charge < -0.3 is 15.7 Å². The third kappa shape index (κ3) is 6.44. The van der Waals surface area contributed by atoms with Crippen LogP contribution in [0.1, 0.15) is 25.3 Å². The summed E-state index contributed by atoms with van der Waals surface area (Å²) in [5, 5.41) is 22.4. The van der Waals surface area contributed by atoms with Crippen molar-refractivity contribution in [3.63, 3.8) is 0 Å². The smallest absolute Gasteiger partial charge is 0.326 e. The predicted molar refractivity (Wildman–Crippen MR) is 82.1 cm³/mol. The van der Waals surface area contributed by atoms with Gasteiger partial charge in [0.1, 0.15) is 17.9 Å². The quantitative estimate of drug-likeness (QED) is 0.647. The molecule has 0 radical (unpaired) electrons. The Morgan fingerprint density at radius 2 is 1.83 bits per heavy atom. The van der Waals surface area contributed by atoms with Gasteiger partial charge in [-0.1, -0.05) is 12.1 Å². The van der Waals surface area contributed by atoms with E-state index < -0.39 is 35.7 Å². The Hall–Kier alpha value is -2.95. The Labute approximate surface area is 138 Å². The fourth-order valence-corrected chi connectivity index (χ4v) is 2.05. The highest BCUT2D eigenvalue weighted by molar-refractivity contribution is 5.90.